The van der Waals surface area contributed by atoms with Gasteiger partial charge in [-0.3, -0.25) is 0 Å². The molecule has 1 heteroatoms. The highest BCUT2D eigenvalue weighted by atomic mass is 14.9. The van der Waals surface area contributed by atoms with Gasteiger partial charge < -0.3 is 5.32 Å². The van der Waals surface area contributed by atoms with Gasteiger partial charge in [0.05, 0.1) is 6.04 Å². The van der Waals surface area contributed by atoms with Crippen molar-refractivity contribution >= 4 is 5.69 Å². The van der Waals surface area contributed by atoms with Crippen molar-refractivity contribution in [1.82, 2.24) is 0 Å². The zero-order valence-electron chi connectivity index (χ0n) is 13.4. The Balaban J connectivity index is 1.85. The molecule has 114 valence electrons. The molecule has 0 fully saturated rings. The number of nitrogens with one attached hydrogen (secondary N) is 1. The second-order valence-electron chi connectivity index (χ2n) is 6.56. The van der Waals surface area contributed by atoms with E-state index in [1.54, 1.807) is 0 Å². The van der Waals surface area contributed by atoms with Crippen LogP contribution in [0.2, 0.25) is 0 Å². The van der Waals surface area contributed by atoms with Crippen LogP contribution >= 0.6 is 0 Å². The third-order valence-corrected chi connectivity index (χ3v) is 5.08. The summed E-state index contributed by atoms with van der Waals surface area (Å²) in [6.45, 7) is 2.37. The van der Waals surface area contributed by atoms with E-state index in [-0.39, 0.29) is 5.41 Å². The Bertz CT molecular complexity index is 794. The van der Waals surface area contributed by atoms with Crippen molar-refractivity contribution in [2.24, 2.45) is 0 Å². The van der Waals surface area contributed by atoms with Gasteiger partial charge in [-0.1, -0.05) is 85.8 Å². The lowest BCUT2D eigenvalue weighted by Gasteiger charge is -2.41. The van der Waals surface area contributed by atoms with Gasteiger partial charge in [-0.15, -0.1) is 0 Å². The molecule has 0 radical (unpaired) electrons. The van der Waals surface area contributed by atoms with Crippen LogP contribution in [-0.2, 0) is 5.41 Å². The molecule has 0 aromatic heterocycles. The maximum absolute atomic E-state index is 3.74. The van der Waals surface area contributed by atoms with Crippen LogP contribution in [0.25, 0.3) is 0 Å². The molecular formula is C22H21N. The molecule has 3 aromatic carbocycles. The average Bonchev–Trinajstić information content (AvgIpc) is 2.63. The summed E-state index contributed by atoms with van der Waals surface area (Å²) < 4.78 is 0. The van der Waals surface area contributed by atoms with Crippen molar-refractivity contribution in [3.05, 3.63) is 102 Å². The number of hydrogen-bond acceptors (Lipinski definition) is 1. The lowest BCUT2D eigenvalue weighted by Crippen LogP contribution is -2.34. The molecule has 0 amide bonds. The fraction of sp³-hybridized carbons (Fsp3) is 0.182. The minimum absolute atomic E-state index is 0.0175. The zero-order chi connectivity index (χ0) is 15.7. The summed E-state index contributed by atoms with van der Waals surface area (Å²) in [6, 6.07) is 30.7. The van der Waals surface area contributed by atoms with Gasteiger partial charge in [-0.2, -0.15) is 0 Å². The van der Waals surface area contributed by atoms with Crippen LogP contribution in [0.15, 0.2) is 84.9 Å². The normalized spacial score (nSPS) is 22.9. The standard InChI is InChI=1S/C22H21N/c1-22(18-12-6-3-7-13-18)16-21(17-10-4-2-5-11-17)23-20-15-9-8-14-19(20)22/h2-15,21,23H,16H2,1H3/t21-,22+/m0/s1. The SMILES string of the molecule is C[C@]1(c2ccccc2)C[C@@H](c2ccccc2)Nc2ccccc21. The molecule has 4 rings (SSSR count). The molecule has 23 heavy (non-hydrogen) atoms. The summed E-state index contributed by atoms with van der Waals surface area (Å²) in [5.41, 5.74) is 5.39. The topological polar surface area (TPSA) is 12.0 Å². The number of rotatable bonds is 2. The molecule has 1 heterocycles. The van der Waals surface area contributed by atoms with E-state index in [1.165, 1.54) is 22.4 Å². The van der Waals surface area contributed by atoms with Gasteiger partial charge in [0.1, 0.15) is 0 Å². The summed E-state index contributed by atoms with van der Waals surface area (Å²) in [5.74, 6) is 0. The van der Waals surface area contributed by atoms with Crippen LogP contribution < -0.4 is 5.32 Å². The Hall–Kier alpha value is -2.54. The van der Waals surface area contributed by atoms with Crippen molar-refractivity contribution in [2.75, 3.05) is 5.32 Å². The predicted molar refractivity (Wildman–Crippen MR) is 96.8 cm³/mol. The average molecular weight is 299 g/mol. The Morgan fingerprint density at radius 3 is 2.13 bits per heavy atom. The van der Waals surface area contributed by atoms with Crippen LogP contribution in [0, 0.1) is 0 Å². The molecular weight excluding hydrogens is 278 g/mol. The number of fused-ring (bicyclic) bond motifs is 1. The van der Waals surface area contributed by atoms with Gasteiger partial charge in [-0.05, 0) is 29.2 Å². The molecule has 0 aliphatic carbocycles. The third kappa shape index (κ3) is 2.43. The van der Waals surface area contributed by atoms with Crippen LogP contribution in [-0.4, -0.2) is 0 Å². The van der Waals surface area contributed by atoms with E-state index in [0.717, 1.165) is 6.42 Å². The van der Waals surface area contributed by atoms with Crippen LogP contribution in [0.4, 0.5) is 5.69 Å². The Morgan fingerprint density at radius 2 is 1.39 bits per heavy atom. The summed E-state index contributed by atoms with van der Waals surface area (Å²) in [5, 5.41) is 3.74. The molecule has 0 spiro atoms. The molecule has 1 aliphatic heterocycles. The van der Waals surface area contributed by atoms with Crippen LogP contribution in [0.5, 0.6) is 0 Å². The first-order chi connectivity index (χ1) is 11.3. The highest BCUT2D eigenvalue weighted by Gasteiger charge is 2.38. The Labute approximate surface area is 138 Å². The van der Waals surface area contributed by atoms with Gasteiger partial charge in [-0.25, -0.2) is 0 Å². The summed E-state index contributed by atoms with van der Waals surface area (Å²) >= 11 is 0. The molecule has 2 atom stereocenters. The van der Waals surface area contributed by atoms with Gasteiger partial charge in [0.2, 0.25) is 0 Å². The maximum Gasteiger partial charge on any atom is 0.0525 e. The molecule has 1 N–H and O–H groups in total. The minimum Gasteiger partial charge on any atom is -0.378 e. The summed E-state index contributed by atoms with van der Waals surface area (Å²) in [7, 11) is 0. The second kappa shape index (κ2) is 5.58. The highest BCUT2D eigenvalue weighted by Crippen LogP contribution is 2.47. The van der Waals surface area contributed by atoms with E-state index >= 15 is 0 Å². The van der Waals surface area contributed by atoms with E-state index in [2.05, 4.69) is 97.2 Å². The second-order valence-corrected chi connectivity index (χ2v) is 6.56. The Morgan fingerprint density at radius 1 is 0.783 bits per heavy atom. The molecule has 1 nitrogen and oxygen atoms in total. The number of benzene rings is 3. The molecule has 1 aliphatic rings. The highest BCUT2D eigenvalue weighted by molar-refractivity contribution is 5.61. The first kappa shape index (κ1) is 14.1. The molecule has 3 aromatic rings. The van der Waals surface area contributed by atoms with Crippen molar-refractivity contribution in [1.29, 1.82) is 0 Å². The quantitative estimate of drug-likeness (QED) is 0.654. The van der Waals surface area contributed by atoms with E-state index < -0.39 is 0 Å². The Kier molecular flexibility index (Phi) is 3.42. The van der Waals surface area contributed by atoms with Crippen molar-refractivity contribution in [2.45, 2.75) is 24.8 Å². The predicted octanol–water partition coefficient (Wildman–Crippen LogP) is 5.55. The maximum atomic E-state index is 3.74. The molecule has 0 saturated heterocycles. The monoisotopic (exact) mass is 299 g/mol. The van der Waals surface area contributed by atoms with Crippen molar-refractivity contribution in [3.8, 4) is 0 Å². The zero-order valence-corrected chi connectivity index (χ0v) is 13.4. The third-order valence-electron chi connectivity index (χ3n) is 5.08. The van der Waals surface area contributed by atoms with E-state index in [4.69, 9.17) is 0 Å². The number of hydrogen-bond donors (Lipinski definition) is 1. The number of anilines is 1. The lowest BCUT2D eigenvalue weighted by molar-refractivity contribution is 0.460. The molecule has 0 bridgehead atoms. The van der Waals surface area contributed by atoms with E-state index in [9.17, 15) is 0 Å². The van der Waals surface area contributed by atoms with Crippen LogP contribution in [0.3, 0.4) is 0 Å². The summed E-state index contributed by atoms with van der Waals surface area (Å²) in [6.07, 6.45) is 1.05. The van der Waals surface area contributed by atoms with Crippen molar-refractivity contribution in [3.63, 3.8) is 0 Å². The van der Waals surface area contributed by atoms with Gasteiger partial charge in [0.25, 0.3) is 0 Å². The molecule has 0 unspecified atom stereocenters. The largest absolute Gasteiger partial charge is 0.378 e. The smallest absolute Gasteiger partial charge is 0.0525 e. The lowest BCUT2D eigenvalue weighted by atomic mass is 9.68. The van der Waals surface area contributed by atoms with Gasteiger partial charge in [0, 0.05) is 11.1 Å². The fourth-order valence-corrected chi connectivity index (χ4v) is 3.81. The van der Waals surface area contributed by atoms with Gasteiger partial charge >= 0.3 is 0 Å². The van der Waals surface area contributed by atoms with Crippen molar-refractivity contribution < 1.29 is 0 Å². The minimum atomic E-state index is 0.0175. The first-order valence-electron chi connectivity index (χ1n) is 8.24. The van der Waals surface area contributed by atoms with E-state index in [1.807, 2.05) is 0 Å². The fourth-order valence-electron chi connectivity index (χ4n) is 3.81. The van der Waals surface area contributed by atoms with Gasteiger partial charge in [0.15, 0.2) is 0 Å². The summed E-state index contributed by atoms with van der Waals surface area (Å²) in [4.78, 5) is 0. The first-order valence-corrected chi connectivity index (χ1v) is 8.24. The van der Waals surface area contributed by atoms with E-state index in [0.29, 0.717) is 6.04 Å². The van der Waals surface area contributed by atoms with Crippen LogP contribution in [0.1, 0.15) is 36.1 Å². The molecule has 0 saturated carbocycles. The number of para-hydroxylation sites is 1.